The molecule has 166 valence electrons. The maximum Gasteiger partial charge on any atom is 0.261 e. The Kier molecular flexibility index (Phi) is 5.63. The van der Waals surface area contributed by atoms with Crippen LogP contribution in [0.2, 0.25) is 5.02 Å². The summed E-state index contributed by atoms with van der Waals surface area (Å²) in [5.41, 5.74) is 3.45. The lowest BCUT2D eigenvalue weighted by Gasteiger charge is -2.46. The molecule has 0 bridgehead atoms. The molecule has 0 unspecified atom stereocenters. The maximum atomic E-state index is 13.2. The van der Waals surface area contributed by atoms with Gasteiger partial charge in [0, 0.05) is 44.2 Å². The lowest BCUT2D eigenvalue weighted by atomic mass is 9.92. The van der Waals surface area contributed by atoms with Crippen LogP contribution in [-0.2, 0) is 32.3 Å². The van der Waals surface area contributed by atoms with Gasteiger partial charge in [-0.3, -0.25) is 4.72 Å². The molecule has 2 saturated heterocycles. The molecule has 0 radical (unpaired) electrons. The highest BCUT2D eigenvalue weighted by Crippen LogP contribution is 2.37. The van der Waals surface area contributed by atoms with E-state index in [0.717, 1.165) is 43.4 Å². The summed E-state index contributed by atoms with van der Waals surface area (Å²) in [6.07, 6.45) is 4.71. The first-order chi connectivity index (χ1) is 14.9. The van der Waals surface area contributed by atoms with E-state index in [0.29, 0.717) is 48.5 Å². The topological polar surface area (TPSA) is 67.9 Å². The summed E-state index contributed by atoms with van der Waals surface area (Å²) in [5.74, 6) is 0. The van der Waals surface area contributed by atoms with E-state index in [-0.39, 0.29) is 5.60 Å². The van der Waals surface area contributed by atoms with Gasteiger partial charge in [-0.1, -0.05) is 17.7 Å². The van der Waals surface area contributed by atoms with Gasteiger partial charge in [-0.25, -0.2) is 8.42 Å². The first-order valence-corrected chi connectivity index (χ1v) is 12.7. The Labute approximate surface area is 188 Å². The summed E-state index contributed by atoms with van der Waals surface area (Å²) < 4.78 is 40.9. The Morgan fingerprint density at radius 3 is 2.65 bits per heavy atom. The summed E-state index contributed by atoms with van der Waals surface area (Å²) in [6.45, 7) is 3.36. The van der Waals surface area contributed by atoms with Gasteiger partial charge in [-0.15, -0.1) is 0 Å². The second kappa shape index (κ2) is 8.28. The SMILES string of the molecule is O=S(=O)(Nc1cc(Cl)ccc1N1CCOC2(CCOCC2)C1)c1ccc2c(c1)CCC2. The Bertz CT molecular complexity index is 1080. The molecular weight excluding hydrogens is 436 g/mol. The summed E-state index contributed by atoms with van der Waals surface area (Å²) >= 11 is 6.25. The molecule has 2 fully saturated rings. The number of sulfonamides is 1. The molecule has 2 heterocycles. The predicted molar refractivity (Wildman–Crippen MR) is 122 cm³/mol. The van der Waals surface area contributed by atoms with Crippen LogP contribution in [0.3, 0.4) is 0 Å². The fraction of sp³-hybridized carbons (Fsp3) is 0.478. The molecule has 8 heteroatoms. The van der Waals surface area contributed by atoms with Gasteiger partial charge in [0.2, 0.25) is 0 Å². The predicted octanol–water partition coefficient (Wildman–Crippen LogP) is 4.02. The number of anilines is 2. The quantitative estimate of drug-likeness (QED) is 0.743. The number of aryl methyl sites for hydroxylation is 2. The number of fused-ring (bicyclic) bond motifs is 1. The first kappa shape index (κ1) is 21.1. The number of benzene rings is 2. The molecule has 0 atom stereocenters. The zero-order valence-electron chi connectivity index (χ0n) is 17.4. The van der Waals surface area contributed by atoms with E-state index in [1.807, 2.05) is 12.1 Å². The van der Waals surface area contributed by atoms with Crippen molar-refractivity contribution in [1.82, 2.24) is 0 Å². The smallest absolute Gasteiger partial charge is 0.261 e. The van der Waals surface area contributed by atoms with Crippen molar-refractivity contribution < 1.29 is 17.9 Å². The van der Waals surface area contributed by atoms with Gasteiger partial charge < -0.3 is 14.4 Å². The highest BCUT2D eigenvalue weighted by atomic mass is 35.5. The van der Waals surface area contributed by atoms with E-state index in [1.54, 1.807) is 24.3 Å². The zero-order chi connectivity index (χ0) is 21.5. The molecule has 6 nitrogen and oxygen atoms in total. The molecule has 31 heavy (non-hydrogen) atoms. The molecule has 2 aromatic rings. The largest absolute Gasteiger partial charge is 0.381 e. The molecular formula is C23H27ClN2O4S. The Balaban J connectivity index is 1.44. The number of rotatable bonds is 4. The number of halogens is 1. The molecule has 3 aliphatic rings. The van der Waals surface area contributed by atoms with Crippen molar-refractivity contribution in [3.05, 3.63) is 52.5 Å². The minimum Gasteiger partial charge on any atom is -0.381 e. The van der Waals surface area contributed by atoms with Crippen molar-refractivity contribution in [2.75, 3.05) is 42.5 Å². The van der Waals surface area contributed by atoms with E-state index >= 15 is 0 Å². The Morgan fingerprint density at radius 1 is 1.00 bits per heavy atom. The van der Waals surface area contributed by atoms with Crippen molar-refractivity contribution in [2.45, 2.75) is 42.6 Å². The monoisotopic (exact) mass is 462 g/mol. The van der Waals surface area contributed by atoms with E-state index in [4.69, 9.17) is 21.1 Å². The third-order valence-corrected chi connectivity index (χ3v) is 8.17. The lowest BCUT2D eigenvalue weighted by molar-refractivity contribution is -0.116. The zero-order valence-corrected chi connectivity index (χ0v) is 19.0. The van der Waals surface area contributed by atoms with Gasteiger partial charge in [0.05, 0.1) is 28.5 Å². The number of hydrogen-bond acceptors (Lipinski definition) is 5. The summed E-state index contributed by atoms with van der Waals surface area (Å²) in [5, 5.41) is 0.490. The molecule has 0 aromatic heterocycles. The van der Waals surface area contributed by atoms with Gasteiger partial charge >= 0.3 is 0 Å². The van der Waals surface area contributed by atoms with Crippen LogP contribution in [0.4, 0.5) is 11.4 Å². The van der Waals surface area contributed by atoms with Gasteiger partial charge in [-0.2, -0.15) is 0 Å². The highest BCUT2D eigenvalue weighted by Gasteiger charge is 2.39. The molecule has 1 N–H and O–H groups in total. The number of morpholine rings is 1. The normalized spacial score (nSPS) is 20.6. The number of nitrogens with zero attached hydrogens (tertiary/aromatic N) is 1. The molecule has 0 saturated carbocycles. The fourth-order valence-electron chi connectivity index (χ4n) is 4.88. The summed E-state index contributed by atoms with van der Waals surface area (Å²) in [6, 6.07) is 10.8. The van der Waals surface area contributed by atoms with E-state index in [2.05, 4.69) is 9.62 Å². The highest BCUT2D eigenvalue weighted by molar-refractivity contribution is 7.92. The van der Waals surface area contributed by atoms with Crippen LogP contribution in [0.5, 0.6) is 0 Å². The van der Waals surface area contributed by atoms with Crippen LogP contribution >= 0.6 is 11.6 Å². The first-order valence-electron chi connectivity index (χ1n) is 10.9. The van der Waals surface area contributed by atoms with Crippen molar-refractivity contribution in [3.63, 3.8) is 0 Å². The maximum absolute atomic E-state index is 13.2. The number of ether oxygens (including phenoxy) is 2. The summed E-state index contributed by atoms with van der Waals surface area (Å²) in [4.78, 5) is 2.49. The molecule has 1 aliphatic carbocycles. The van der Waals surface area contributed by atoms with Gasteiger partial charge in [-0.05, 0) is 60.7 Å². The van der Waals surface area contributed by atoms with Crippen molar-refractivity contribution in [1.29, 1.82) is 0 Å². The average Bonchev–Trinajstić information content (AvgIpc) is 3.22. The van der Waals surface area contributed by atoms with Gasteiger partial charge in [0.25, 0.3) is 10.0 Å². The number of hydrogen-bond donors (Lipinski definition) is 1. The van der Waals surface area contributed by atoms with Crippen molar-refractivity contribution in [2.24, 2.45) is 0 Å². The third kappa shape index (κ3) is 4.29. The molecule has 1 spiro atoms. The molecule has 5 rings (SSSR count). The van der Waals surface area contributed by atoms with Gasteiger partial charge in [0.1, 0.15) is 0 Å². The van der Waals surface area contributed by atoms with E-state index in [1.165, 1.54) is 5.56 Å². The van der Waals surface area contributed by atoms with Crippen molar-refractivity contribution >= 4 is 33.0 Å². The van der Waals surface area contributed by atoms with E-state index < -0.39 is 10.0 Å². The lowest BCUT2D eigenvalue weighted by Crippen LogP contribution is -2.54. The second-order valence-electron chi connectivity index (χ2n) is 8.62. The third-order valence-electron chi connectivity index (χ3n) is 6.58. The van der Waals surface area contributed by atoms with Crippen LogP contribution in [-0.4, -0.2) is 46.9 Å². The second-order valence-corrected chi connectivity index (χ2v) is 10.7. The summed E-state index contributed by atoms with van der Waals surface area (Å²) in [7, 11) is -3.73. The Morgan fingerprint density at radius 2 is 1.81 bits per heavy atom. The van der Waals surface area contributed by atoms with Crippen LogP contribution in [0.15, 0.2) is 41.3 Å². The van der Waals surface area contributed by atoms with Crippen LogP contribution in [0, 0.1) is 0 Å². The standard InChI is InChI=1S/C23H27ClN2O4S/c24-19-5-7-22(26-10-13-30-23(16-26)8-11-29-12-9-23)21(15-19)25-31(27,28)20-6-4-17-2-1-3-18(17)14-20/h4-7,14-15,25H,1-3,8-13,16H2. The fourth-order valence-corrected chi connectivity index (χ4v) is 6.17. The van der Waals surface area contributed by atoms with Crippen LogP contribution in [0.1, 0.15) is 30.4 Å². The minimum absolute atomic E-state index is 0.244. The van der Waals surface area contributed by atoms with Crippen LogP contribution < -0.4 is 9.62 Å². The minimum atomic E-state index is -3.73. The molecule has 2 aromatic carbocycles. The molecule has 2 aliphatic heterocycles. The van der Waals surface area contributed by atoms with Crippen LogP contribution in [0.25, 0.3) is 0 Å². The Hall–Kier alpha value is -1.80. The van der Waals surface area contributed by atoms with Gasteiger partial charge in [0.15, 0.2) is 0 Å². The average molecular weight is 463 g/mol. The molecule has 0 amide bonds. The van der Waals surface area contributed by atoms with E-state index in [9.17, 15) is 8.42 Å². The number of nitrogens with one attached hydrogen (secondary N) is 1. The van der Waals surface area contributed by atoms with Crippen molar-refractivity contribution in [3.8, 4) is 0 Å².